The van der Waals surface area contributed by atoms with Crippen LogP contribution in [0.2, 0.25) is 0 Å². The molecule has 1 saturated heterocycles. The number of carbonyl (C=O) groups is 2. The van der Waals surface area contributed by atoms with Crippen LogP contribution in [0.3, 0.4) is 0 Å². The van der Waals surface area contributed by atoms with Gasteiger partial charge in [0.15, 0.2) is 11.0 Å². The number of rotatable bonds is 10. The van der Waals surface area contributed by atoms with Crippen LogP contribution >= 0.6 is 19.1 Å². The number of hydrogen-bond donors (Lipinski definition) is 4. The van der Waals surface area contributed by atoms with Crippen molar-refractivity contribution in [2.75, 3.05) is 32.6 Å². The SMILES string of the molecule is C=P(C)(C)CC[C@H]1O[C@@H](n2cc(CNCC(=O)OC(=O)OCC3c4ccccc4-c4ccccc43)c(=O)[nH]c2=S)[C@H](O)[C@@H]1O. The van der Waals surface area contributed by atoms with E-state index in [0.29, 0.717) is 6.42 Å². The molecule has 1 aliphatic carbocycles. The van der Waals surface area contributed by atoms with Crippen molar-refractivity contribution in [2.45, 2.75) is 43.4 Å². The molecule has 5 rings (SSSR count). The largest absolute Gasteiger partial charge is 0.516 e. The van der Waals surface area contributed by atoms with Crippen LogP contribution in [0.4, 0.5) is 4.79 Å². The van der Waals surface area contributed by atoms with Gasteiger partial charge >= 0.3 is 12.1 Å². The molecule has 0 spiro atoms. The average Bonchev–Trinajstić information content (AvgIpc) is 3.45. The maximum Gasteiger partial charge on any atom is 0.516 e. The number of aliphatic hydroxyl groups is 2. The molecule has 0 radical (unpaired) electrons. The van der Waals surface area contributed by atoms with Crippen molar-refractivity contribution in [3.63, 3.8) is 0 Å². The van der Waals surface area contributed by atoms with Gasteiger partial charge in [0.05, 0.1) is 12.6 Å². The third-order valence-corrected chi connectivity index (χ3v) is 9.57. The first-order valence-electron chi connectivity index (χ1n) is 14.2. The summed E-state index contributed by atoms with van der Waals surface area (Å²) < 4.78 is 17.4. The normalized spacial score (nSPS) is 21.1. The number of nitrogens with one attached hydrogen (secondary N) is 2. The van der Waals surface area contributed by atoms with Crippen LogP contribution < -0.4 is 10.9 Å². The first-order valence-corrected chi connectivity index (χ1v) is 17.7. The van der Waals surface area contributed by atoms with Gasteiger partial charge in [-0.05, 0) is 60.4 Å². The monoisotopic (exact) mass is 641 g/mol. The maximum atomic E-state index is 12.5. The summed E-state index contributed by atoms with van der Waals surface area (Å²) in [6, 6.07) is 15.8. The zero-order valence-corrected chi connectivity index (χ0v) is 26.2. The molecule has 3 aromatic rings. The molecule has 1 aromatic heterocycles. The third kappa shape index (κ3) is 7.12. The van der Waals surface area contributed by atoms with Crippen LogP contribution in [0.1, 0.15) is 35.3 Å². The number of fused-ring (bicyclic) bond motifs is 3. The molecule has 1 aliphatic heterocycles. The van der Waals surface area contributed by atoms with Gasteiger partial charge in [0.2, 0.25) is 0 Å². The van der Waals surface area contributed by atoms with E-state index >= 15 is 0 Å². The number of aromatic amines is 1. The summed E-state index contributed by atoms with van der Waals surface area (Å²) in [6.07, 6.45) is 1.74. The highest BCUT2D eigenvalue weighted by molar-refractivity contribution is 7.72. The Hall–Kier alpha value is -3.38. The molecule has 0 unspecified atom stereocenters. The summed E-state index contributed by atoms with van der Waals surface area (Å²) in [6.45, 7) is 2.33. The molecule has 4 N–H and O–H groups in total. The van der Waals surface area contributed by atoms with Gasteiger partial charge in [0.25, 0.3) is 5.56 Å². The highest BCUT2D eigenvalue weighted by Gasteiger charge is 2.43. The van der Waals surface area contributed by atoms with Crippen molar-refractivity contribution in [3.05, 3.63) is 86.5 Å². The second kappa shape index (κ2) is 13.3. The molecule has 0 amide bonds. The lowest BCUT2D eigenvalue weighted by atomic mass is 9.98. The number of aromatic nitrogens is 2. The summed E-state index contributed by atoms with van der Waals surface area (Å²) >= 11 is 5.28. The van der Waals surface area contributed by atoms with E-state index in [1.165, 1.54) is 10.8 Å². The molecule has 13 heteroatoms. The lowest BCUT2D eigenvalue weighted by Gasteiger charge is -2.20. The van der Waals surface area contributed by atoms with Crippen molar-refractivity contribution in [2.24, 2.45) is 0 Å². The molecule has 4 atom stereocenters. The van der Waals surface area contributed by atoms with E-state index in [1.54, 1.807) is 0 Å². The second-order valence-corrected chi connectivity index (χ2v) is 16.4. The Morgan fingerprint density at radius 1 is 1.09 bits per heavy atom. The van der Waals surface area contributed by atoms with Gasteiger partial charge in [-0.3, -0.25) is 19.1 Å². The van der Waals surface area contributed by atoms with E-state index in [0.717, 1.165) is 28.4 Å². The molecular formula is C31H36N3O8PS. The summed E-state index contributed by atoms with van der Waals surface area (Å²) in [5.41, 5.74) is 3.91. The standard InChI is InChI=1S/C31H36N3O8PS/c1-43(2,3)13-12-24-26(36)27(37)29(41-24)34-16-18(28(38)33-30(34)44)14-32-15-25(35)42-31(39)40-17-23-21-10-6-4-8-19(21)20-9-5-7-11-22(20)23/h4-11,16,23-24,26-27,29,32,36-37H,1,12-15,17H2,2-3H3,(H,33,38,44)/t24-,26-,27-,29-/m1/s1. The van der Waals surface area contributed by atoms with E-state index in [9.17, 15) is 24.6 Å². The van der Waals surface area contributed by atoms with Crippen LogP contribution in [0.5, 0.6) is 0 Å². The zero-order chi connectivity index (χ0) is 31.6. The Morgan fingerprint density at radius 2 is 1.73 bits per heavy atom. The zero-order valence-electron chi connectivity index (χ0n) is 24.5. The van der Waals surface area contributed by atoms with E-state index < -0.39 is 49.1 Å². The Labute approximate surface area is 259 Å². The smallest absolute Gasteiger partial charge is 0.433 e. The summed E-state index contributed by atoms with van der Waals surface area (Å²) in [5, 5.41) is 24.0. The second-order valence-electron chi connectivity index (χ2n) is 11.7. The highest BCUT2D eigenvalue weighted by atomic mass is 32.1. The van der Waals surface area contributed by atoms with Gasteiger partial charge in [-0.2, -0.15) is 0 Å². The Balaban J connectivity index is 1.14. The molecule has 44 heavy (non-hydrogen) atoms. The minimum atomic E-state index is -1.37. The number of carbonyl (C=O) groups excluding carboxylic acids is 2. The van der Waals surface area contributed by atoms with Gasteiger partial charge in [-0.15, -0.1) is 13.2 Å². The molecule has 11 nitrogen and oxygen atoms in total. The number of hydrogen-bond acceptors (Lipinski definition) is 10. The van der Waals surface area contributed by atoms with E-state index in [1.807, 2.05) is 48.5 Å². The molecular weight excluding hydrogens is 605 g/mol. The number of benzene rings is 2. The topological polar surface area (TPSA) is 152 Å². The maximum absolute atomic E-state index is 12.5. The fourth-order valence-electron chi connectivity index (χ4n) is 5.56. The molecule has 1 fully saturated rings. The number of nitrogens with zero attached hydrogens (tertiary/aromatic N) is 1. The predicted molar refractivity (Wildman–Crippen MR) is 170 cm³/mol. The molecule has 234 valence electrons. The molecule has 2 aliphatic rings. The Bertz CT molecular complexity index is 1670. The van der Waals surface area contributed by atoms with Crippen molar-refractivity contribution in [1.29, 1.82) is 0 Å². The number of H-pyrrole nitrogens is 1. The predicted octanol–water partition coefficient (Wildman–Crippen LogP) is 3.21. The van der Waals surface area contributed by atoms with Crippen molar-refractivity contribution in [3.8, 4) is 11.1 Å². The van der Waals surface area contributed by atoms with Gasteiger partial charge < -0.3 is 29.7 Å². The van der Waals surface area contributed by atoms with E-state index in [2.05, 4.69) is 29.9 Å². The number of aliphatic hydroxyl groups excluding tert-OH is 2. The number of ether oxygens (including phenoxy) is 3. The highest BCUT2D eigenvalue weighted by Crippen LogP contribution is 2.44. The van der Waals surface area contributed by atoms with Crippen LogP contribution in [0, 0.1) is 4.77 Å². The first-order chi connectivity index (χ1) is 20.9. The minimum absolute atomic E-state index is 0.00954. The van der Waals surface area contributed by atoms with E-state index in [-0.39, 0.29) is 35.9 Å². The summed E-state index contributed by atoms with van der Waals surface area (Å²) in [5.74, 6) is -1.06. The minimum Gasteiger partial charge on any atom is -0.433 e. The lowest BCUT2D eigenvalue weighted by molar-refractivity contribution is -0.138. The van der Waals surface area contributed by atoms with Crippen LogP contribution in [-0.2, 0) is 25.5 Å². The van der Waals surface area contributed by atoms with E-state index in [4.69, 9.17) is 26.4 Å². The van der Waals surface area contributed by atoms with Crippen molar-refractivity contribution < 1.29 is 34.0 Å². The van der Waals surface area contributed by atoms with Crippen LogP contribution in [0.25, 0.3) is 11.1 Å². The fraction of sp³-hybridized carbons (Fsp3) is 0.387. The van der Waals surface area contributed by atoms with Crippen LogP contribution in [0.15, 0.2) is 59.5 Å². The van der Waals surface area contributed by atoms with Gasteiger partial charge in [-0.1, -0.05) is 48.5 Å². The van der Waals surface area contributed by atoms with Crippen LogP contribution in [-0.4, -0.2) is 89.1 Å². The Kier molecular flexibility index (Phi) is 9.69. The molecule has 0 bridgehead atoms. The average molecular weight is 642 g/mol. The lowest BCUT2D eigenvalue weighted by Crippen LogP contribution is -2.33. The molecule has 2 heterocycles. The Morgan fingerprint density at radius 3 is 2.36 bits per heavy atom. The third-order valence-electron chi connectivity index (χ3n) is 7.78. The first kappa shape index (κ1) is 32.0. The quantitative estimate of drug-likeness (QED) is 0.112. The van der Waals surface area contributed by atoms with Gasteiger partial charge in [0.1, 0.15) is 18.8 Å². The fourth-order valence-corrected chi connectivity index (χ4v) is 6.77. The van der Waals surface area contributed by atoms with Crippen molar-refractivity contribution in [1.82, 2.24) is 14.9 Å². The summed E-state index contributed by atoms with van der Waals surface area (Å²) in [4.78, 5) is 39.7. The molecule has 0 saturated carbocycles. The number of esters is 1. The van der Waals surface area contributed by atoms with Gasteiger partial charge in [-0.25, -0.2) is 4.79 Å². The summed E-state index contributed by atoms with van der Waals surface area (Å²) in [7, 11) is 0. The van der Waals surface area contributed by atoms with Gasteiger partial charge in [0, 0.05) is 24.2 Å². The molecule has 2 aromatic carbocycles. The van der Waals surface area contributed by atoms with Crippen molar-refractivity contribution >= 4 is 37.5 Å².